The summed E-state index contributed by atoms with van der Waals surface area (Å²) in [6.07, 6.45) is 2.78. The van der Waals surface area contributed by atoms with Crippen molar-refractivity contribution in [3.05, 3.63) is 0 Å². The summed E-state index contributed by atoms with van der Waals surface area (Å²) < 4.78 is 0. The average molecular weight is 155 g/mol. The Morgan fingerprint density at radius 1 is 1.64 bits per heavy atom. The van der Waals surface area contributed by atoms with Crippen LogP contribution in [0.1, 0.15) is 19.3 Å². The molecule has 2 fully saturated rings. The van der Waals surface area contributed by atoms with Crippen molar-refractivity contribution in [2.45, 2.75) is 25.3 Å². The van der Waals surface area contributed by atoms with E-state index in [1.807, 2.05) is 4.90 Å². The zero-order chi connectivity index (χ0) is 7.84. The lowest BCUT2D eigenvalue weighted by Gasteiger charge is -2.17. The van der Waals surface area contributed by atoms with Crippen molar-refractivity contribution in [1.82, 2.24) is 4.90 Å². The van der Waals surface area contributed by atoms with Crippen molar-refractivity contribution >= 4 is 5.91 Å². The van der Waals surface area contributed by atoms with E-state index in [2.05, 4.69) is 0 Å². The van der Waals surface area contributed by atoms with Crippen LogP contribution in [0.2, 0.25) is 0 Å². The molecule has 11 heavy (non-hydrogen) atoms. The summed E-state index contributed by atoms with van der Waals surface area (Å²) >= 11 is 0. The summed E-state index contributed by atoms with van der Waals surface area (Å²) in [4.78, 5) is 13.2. The van der Waals surface area contributed by atoms with Gasteiger partial charge < -0.3 is 10.0 Å². The molecule has 0 spiro atoms. The lowest BCUT2D eigenvalue weighted by Crippen LogP contribution is -2.29. The van der Waals surface area contributed by atoms with E-state index in [1.165, 1.54) is 0 Å². The molecular weight excluding hydrogens is 142 g/mol. The first-order valence-electron chi connectivity index (χ1n) is 4.23. The minimum atomic E-state index is 0.174. The van der Waals surface area contributed by atoms with Gasteiger partial charge >= 0.3 is 0 Å². The Morgan fingerprint density at radius 3 is 3.18 bits per heavy atom. The maximum absolute atomic E-state index is 11.2. The zero-order valence-electron chi connectivity index (χ0n) is 6.49. The molecule has 0 aromatic rings. The maximum atomic E-state index is 11.2. The Bertz CT molecular complexity index is 181. The summed E-state index contributed by atoms with van der Waals surface area (Å²) in [7, 11) is 0. The summed E-state index contributed by atoms with van der Waals surface area (Å²) in [5, 5.41) is 8.95. The van der Waals surface area contributed by atoms with Gasteiger partial charge in [0.15, 0.2) is 0 Å². The fraction of sp³-hybridized carbons (Fsp3) is 0.875. The number of fused-ring (bicyclic) bond motifs is 1. The van der Waals surface area contributed by atoms with Gasteiger partial charge in [-0.3, -0.25) is 4.79 Å². The van der Waals surface area contributed by atoms with Gasteiger partial charge in [0.1, 0.15) is 0 Å². The van der Waals surface area contributed by atoms with E-state index in [0.717, 1.165) is 19.4 Å². The average Bonchev–Trinajstić information content (AvgIpc) is 2.54. The lowest BCUT2D eigenvalue weighted by molar-refractivity contribution is -0.127. The first-order chi connectivity index (χ1) is 5.33. The van der Waals surface area contributed by atoms with Gasteiger partial charge in [0, 0.05) is 31.5 Å². The fourth-order valence-electron chi connectivity index (χ4n) is 2.26. The molecule has 2 heterocycles. The number of aliphatic hydroxyl groups excluding tert-OH is 1. The van der Waals surface area contributed by atoms with Crippen molar-refractivity contribution in [1.29, 1.82) is 0 Å². The molecule has 0 aromatic heterocycles. The minimum Gasteiger partial charge on any atom is -0.396 e. The van der Waals surface area contributed by atoms with Gasteiger partial charge in [-0.05, 0) is 12.8 Å². The number of carbonyl (C=O) groups is 1. The maximum Gasteiger partial charge on any atom is 0.223 e. The van der Waals surface area contributed by atoms with E-state index >= 15 is 0 Å². The van der Waals surface area contributed by atoms with Crippen LogP contribution in [0.15, 0.2) is 0 Å². The molecule has 1 amide bonds. The normalized spacial score (nSPS) is 36.5. The van der Waals surface area contributed by atoms with E-state index < -0.39 is 0 Å². The summed E-state index contributed by atoms with van der Waals surface area (Å²) in [5.74, 6) is 0.469. The monoisotopic (exact) mass is 155 g/mol. The molecule has 2 rings (SSSR count). The molecule has 0 aromatic carbocycles. The van der Waals surface area contributed by atoms with E-state index in [4.69, 9.17) is 5.11 Å². The van der Waals surface area contributed by atoms with Gasteiger partial charge in [0.05, 0.1) is 0 Å². The van der Waals surface area contributed by atoms with Crippen LogP contribution in [0.3, 0.4) is 0 Å². The molecular formula is C8H13NO2. The molecule has 2 aliphatic rings. The quantitative estimate of drug-likeness (QED) is 0.578. The number of carbonyl (C=O) groups excluding carboxylic acids is 1. The molecule has 0 saturated carbocycles. The molecule has 2 saturated heterocycles. The number of rotatable bonds is 1. The topological polar surface area (TPSA) is 40.5 Å². The second kappa shape index (κ2) is 2.48. The molecule has 0 aliphatic carbocycles. The molecule has 2 atom stereocenters. The van der Waals surface area contributed by atoms with Gasteiger partial charge in [0.25, 0.3) is 0 Å². The largest absolute Gasteiger partial charge is 0.396 e. The standard InChI is InChI=1S/C8H13NO2/c10-5-6-4-8(11)9-3-1-2-7(6)9/h6-7,10H,1-5H2/t6-,7-/m0/s1. The van der Waals surface area contributed by atoms with Crippen LogP contribution in [-0.4, -0.2) is 35.1 Å². The van der Waals surface area contributed by atoms with Crippen LogP contribution in [0.25, 0.3) is 0 Å². The van der Waals surface area contributed by atoms with Crippen molar-refractivity contribution in [3.63, 3.8) is 0 Å². The molecule has 0 unspecified atom stereocenters. The molecule has 2 aliphatic heterocycles. The SMILES string of the molecule is O=C1C[C@@H](CO)[C@@H]2CCCN12. The second-order valence-corrected chi connectivity index (χ2v) is 3.44. The van der Waals surface area contributed by atoms with Crippen molar-refractivity contribution in [2.75, 3.05) is 13.2 Å². The van der Waals surface area contributed by atoms with E-state index in [-0.39, 0.29) is 18.4 Å². The Hall–Kier alpha value is -0.570. The van der Waals surface area contributed by atoms with Gasteiger partial charge in [-0.2, -0.15) is 0 Å². The highest BCUT2D eigenvalue weighted by atomic mass is 16.3. The molecule has 0 radical (unpaired) electrons. The van der Waals surface area contributed by atoms with E-state index in [0.29, 0.717) is 12.5 Å². The first-order valence-corrected chi connectivity index (χ1v) is 4.23. The summed E-state index contributed by atoms with van der Waals surface area (Å²) in [6.45, 7) is 1.09. The highest BCUT2D eigenvalue weighted by molar-refractivity contribution is 5.79. The smallest absolute Gasteiger partial charge is 0.223 e. The van der Waals surface area contributed by atoms with Gasteiger partial charge in [-0.1, -0.05) is 0 Å². The molecule has 1 N–H and O–H groups in total. The number of nitrogens with zero attached hydrogens (tertiary/aromatic N) is 1. The zero-order valence-corrected chi connectivity index (χ0v) is 6.49. The van der Waals surface area contributed by atoms with Crippen molar-refractivity contribution in [3.8, 4) is 0 Å². The Labute approximate surface area is 66.0 Å². The molecule has 62 valence electrons. The first kappa shape index (κ1) is 7.10. The van der Waals surface area contributed by atoms with E-state index in [9.17, 15) is 4.79 Å². The third-order valence-electron chi connectivity index (χ3n) is 2.84. The molecule has 3 nitrogen and oxygen atoms in total. The van der Waals surface area contributed by atoms with Crippen LogP contribution >= 0.6 is 0 Å². The Morgan fingerprint density at radius 2 is 2.45 bits per heavy atom. The third kappa shape index (κ3) is 0.948. The molecule has 3 heteroatoms. The summed E-state index contributed by atoms with van der Waals surface area (Å²) in [5.41, 5.74) is 0. The van der Waals surface area contributed by atoms with Crippen LogP contribution in [0.5, 0.6) is 0 Å². The van der Waals surface area contributed by atoms with Crippen molar-refractivity contribution in [2.24, 2.45) is 5.92 Å². The van der Waals surface area contributed by atoms with Crippen LogP contribution in [0, 0.1) is 5.92 Å². The number of hydrogen-bond acceptors (Lipinski definition) is 2. The fourth-order valence-corrected chi connectivity index (χ4v) is 2.26. The van der Waals surface area contributed by atoms with Crippen LogP contribution in [-0.2, 0) is 4.79 Å². The van der Waals surface area contributed by atoms with Crippen LogP contribution in [0.4, 0.5) is 0 Å². The predicted octanol–water partition coefficient (Wildman–Crippen LogP) is -0.0104. The highest BCUT2D eigenvalue weighted by Gasteiger charge is 2.41. The molecule has 0 bridgehead atoms. The van der Waals surface area contributed by atoms with E-state index in [1.54, 1.807) is 0 Å². The third-order valence-corrected chi connectivity index (χ3v) is 2.84. The lowest BCUT2D eigenvalue weighted by atomic mass is 10.00. The van der Waals surface area contributed by atoms with Crippen LogP contribution < -0.4 is 0 Å². The number of aliphatic hydroxyl groups is 1. The highest BCUT2D eigenvalue weighted by Crippen LogP contribution is 2.32. The van der Waals surface area contributed by atoms with Gasteiger partial charge in [-0.25, -0.2) is 0 Å². The van der Waals surface area contributed by atoms with Crippen molar-refractivity contribution < 1.29 is 9.90 Å². The Balaban J connectivity index is 2.13. The number of hydrogen-bond donors (Lipinski definition) is 1. The van der Waals surface area contributed by atoms with Gasteiger partial charge in [-0.15, -0.1) is 0 Å². The number of amides is 1. The second-order valence-electron chi connectivity index (χ2n) is 3.44. The minimum absolute atomic E-state index is 0.174. The predicted molar refractivity (Wildman–Crippen MR) is 39.9 cm³/mol. The van der Waals surface area contributed by atoms with Gasteiger partial charge in [0.2, 0.25) is 5.91 Å². The Kier molecular flexibility index (Phi) is 1.60. The summed E-state index contributed by atoms with van der Waals surface area (Å²) in [6, 6.07) is 0.368.